The van der Waals surface area contributed by atoms with Gasteiger partial charge in [-0.2, -0.15) is 8.42 Å². The number of carbonyl (C=O) groups is 1. The quantitative estimate of drug-likeness (QED) is 0.384. The smallest absolute Gasteiger partial charge is 0.420 e. The molecular formula is C20H25ClFN3O7S2. The fourth-order valence-corrected chi connectivity index (χ4v) is 4.07. The van der Waals surface area contributed by atoms with E-state index in [9.17, 15) is 21.6 Å². The van der Waals surface area contributed by atoms with E-state index < -0.39 is 37.5 Å². The number of aromatic nitrogens is 2. The molecule has 0 aliphatic heterocycles. The first-order valence-electron chi connectivity index (χ1n) is 9.79. The zero-order chi connectivity index (χ0) is 26.1. The Bertz CT molecular complexity index is 1310. The normalized spacial score (nSPS) is 12.5. The van der Waals surface area contributed by atoms with E-state index in [1.165, 1.54) is 6.92 Å². The molecule has 0 N–H and O–H groups in total. The summed E-state index contributed by atoms with van der Waals surface area (Å²) in [7, 11) is -7.50. The van der Waals surface area contributed by atoms with Gasteiger partial charge in [-0.1, -0.05) is 11.6 Å². The molecular weight excluding hydrogens is 513 g/mol. The van der Waals surface area contributed by atoms with Gasteiger partial charge < -0.3 is 4.74 Å². The minimum Gasteiger partial charge on any atom is -0.443 e. The SMILES string of the molecule is Cc1nc(Cl)c(CCOS(C)(=O)=O)c(N(C(=O)OC(C)(C)C)c2ccc(S(C)(=O)=O)cc2F)n1. The van der Waals surface area contributed by atoms with Crippen molar-refractivity contribution in [3.63, 3.8) is 0 Å². The van der Waals surface area contributed by atoms with E-state index in [4.69, 9.17) is 20.5 Å². The molecule has 188 valence electrons. The maximum Gasteiger partial charge on any atom is 0.420 e. The number of anilines is 2. The molecule has 0 radical (unpaired) electrons. The number of hydrogen-bond acceptors (Lipinski definition) is 9. The summed E-state index contributed by atoms with van der Waals surface area (Å²) in [6.07, 6.45) is 0.606. The van der Waals surface area contributed by atoms with Crippen molar-refractivity contribution in [3.8, 4) is 0 Å². The van der Waals surface area contributed by atoms with Crippen LogP contribution in [0.5, 0.6) is 0 Å². The van der Waals surface area contributed by atoms with E-state index in [1.807, 2.05) is 0 Å². The van der Waals surface area contributed by atoms with Gasteiger partial charge in [-0.3, -0.25) is 4.18 Å². The fourth-order valence-electron chi connectivity index (χ4n) is 2.75. The highest BCUT2D eigenvalue weighted by Crippen LogP contribution is 2.35. The summed E-state index contributed by atoms with van der Waals surface area (Å²) in [6, 6.07) is 3.00. The molecule has 14 heteroatoms. The summed E-state index contributed by atoms with van der Waals surface area (Å²) in [6.45, 7) is 5.94. The van der Waals surface area contributed by atoms with Gasteiger partial charge in [-0.25, -0.2) is 32.5 Å². The van der Waals surface area contributed by atoms with Gasteiger partial charge in [0.25, 0.3) is 10.1 Å². The Morgan fingerprint density at radius 1 is 1.15 bits per heavy atom. The monoisotopic (exact) mass is 537 g/mol. The van der Waals surface area contributed by atoms with Crippen LogP contribution in [0.3, 0.4) is 0 Å². The lowest BCUT2D eigenvalue weighted by Crippen LogP contribution is -2.35. The molecule has 0 fully saturated rings. The molecule has 2 rings (SSSR count). The van der Waals surface area contributed by atoms with Crippen LogP contribution in [0.1, 0.15) is 32.2 Å². The highest BCUT2D eigenvalue weighted by molar-refractivity contribution is 7.90. The number of carbonyl (C=O) groups excluding carboxylic acids is 1. The first-order valence-corrected chi connectivity index (χ1v) is 13.9. The molecule has 1 aromatic heterocycles. The van der Waals surface area contributed by atoms with Gasteiger partial charge in [0.15, 0.2) is 15.7 Å². The van der Waals surface area contributed by atoms with Crippen LogP contribution >= 0.6 is 11.6 Å². The van der Waals surface area contributed by atoms with Gasteiger partial charge in [-0.15, -0.1) is 0 Å². The molecule has 0 spiro atoms. The minimum absolute atomic E-state index is 0.0911. The van der Waals surface area contributed by atoms with Crippen LogP contribution in [0.2, 0.25) is 5.15 Å². The van der Waals surface area contributed by atoms with E-state index in [0.29, 0.717) is 0 Å². The number of aryl methyl sites for hydroxylation is 1. The van der Waals surface area contributed by atoms with E-state index in [1.54, 1.807) is 20.8 Å². The van der Waals surface area contributed by atoms with Crippen LogP contribution in [0.15, 0.2) is 23.1 Å². The molecule has 10 nitrogen and oxygen atoms in total. The average Bonchev–Trinajstić information content (AvgIpc) is 2.62. The van der Waals surface area contributed by atoms with E-state index in [-0.39, 0.29) is 46.0 Å². The van der Waals surface area contributed by atoms with Crippen LogP contribution in [0, 0.1) is 12.7 Å². The molecule has 34 heavy (non-hydrogen) atoms. The second-order valence-corrected chi connectivity index (χ2v) is 12.4. The molecule has 0 saturated carbocycles. The molecule has 0 aliphatic carbocycles. The molecule has 1 aromatic carbocycles. The molecule has 1 heterocycles. The number of sulfone groups is 1. The first kappa shape index (κ1) is 27.9. The standard InChI is InChI=1S/C20H25ClFN3O7S2/c1-12-23-17(21)14(9-10-31-34(6,29)30)18(24-12)25(19(26)32-20(2,3)4)16-8-7-13(11-15(16)22)33(5,27)28/h7-8,11H,9-10H2,1-6H3. The summed E-state index contributed by atoms with van der Waals surface area (Å²) in [5.74, 6) is -1.08. The Balaban J connectivity index is 2.72. The van der Waals surface area contributed by atoms with Crippen LogP contribution < -0.4 is 4.90 Å². The van der Waals surface area contributed by atoms with Crippen LogP contribution in [-0.4, -0.2) is 57.6 Å². The molecule has 0 unspecified atom stereocenters. The number of ether oxygens (including phenoxy) is 1. The molecule has 1 amide bonds. The van der Waals surface area contributed by atoms with Crippen LogP contribution in [0.25, 0.3) is 0 Å². The Morgan fingerprint density at radius 3 is 2.26 bits per heavy atom. The number of amides is 1. The number of benzene rings is 1. The summed E-state index contributed by atoms with van der Waals surface area (Å²) in [4.78, 5) is 21.9. The van der Waals surface area contributed by atoms with Gasteiger partial charge in [0, 0.05) is 18.2 Å². The van der Waals surface area contributed by atoms with Gasteiger partial charge in [0.1, 0.15) is 22.4 Å². The largest absolute Gasteiger partial charge is 0.443 e. The van der Waals surface area contributed by atoms with Crippen molar-refractivity contribution in [1.29, 1.82) is 0 Å². The number of hydrogen-bond donors (Lipinski definition) is 0. The zero-order valence-corrected chi connectivity index (χ0v) is 21.8. The van der Waals surface area contributed by atoms with Crippen molar-refractivity contribution in [2.75, 3.05) is 24.0 Å². The van der Waals surface area contributed by atoms with E-state index in [2.05, 4.69) is 9.97 Å². The van der Waals surface area contributed by atoms with Crippen LogP contribution in [0.4, 0.5) is 20.7 Å². The zero-order valence-electron chi connectivity index (χ0n) is 19.4. The van der Waals surface area contributed by atoms with Gasteiger partial charge in [-0.05, 0) is 45.9 Å². The second kappa shape index (κ2) is 10.1. The van der Waals surface area contributed by atoms with Crippen LogP contribution in [-0.2, 0) is 35.3 Å². The van der Waals surface area contributed by atoms with Crippen molar-refractivity contribution in [3.05, 3.63) is 40.6 Å². The average molecular weight is 538 g/mol. The topological polar surface area (TPSA) is 133 Å². The van der Waals surface area contributed by atoms with Gasteiger partial charge in [0.05, 0.1) is 23.4 Å². The Kier molecular flexibility index (Phi) is 8.29. The highest BCUT2D eigenvalue weighted by Gasteiger charge is 2.31. The predicted molar refractivity (Wildman–Crippen MR) is 124 cm³/mol. The third kappa shape index (κ3) is 7.58. The lowest BCUT2D eigenvalue weighted by molar-refractivity contribution is 0.0596. The van der Waals surface area contributed by atoms with E-state index in [0.717, 1.165) is 35.6 Å². The second-order valence-electron chi connectivity index (χ2n) is 8.34. The minimum atomic E-state index is -3.77. The molecule has 0 aliphatic rings. The third-order valence-corrected chi connectivity index (χ3v) is 6.09. The number of halogens is 2. The maximum atomic E-state index is 15.2. The van der Waals surface area contributed by atoms with Crippen molar-refractivity contribution in [2.45, 2.75) is 44.6 Å². The number of nitrogens with zero attached hydrogens (tertiary/aromatic N) is 3. The van der Waals surface area contributed by atoms with E-state index >= 15 is 4.39 Å². The van der Waals surface area contributed by atoms with Gasteiger partial charge >= 0.3 is 6.09 Å². The summed E-state index contributed by atoms with van der Waals surface area (Å²) >= 11 is 6.27. The Morgan fingerprint density at radius 2 is 1.76 bits per heavy atom. The molecule has 2 aromatic rings. The Hall–Kier alpha value is -2.35. The fraction of sp³-hybridized carbons (Fsp3) is 0.450. The maximum absolute atomic E-state index is 15.2. The van der Waals surface area contributed by atoms with Crippen molar-refractivity contribution in [2.24, 2.45) is 0 Å². The third-order valence-electron chi connectivity index (χ3n) is 4.07. The summed E-state index contributed by atoms with van der Waals surface area (Å²) < 4.78 is 71.7. The molecule has 0 bridgehead atoms. The summed E-state index contributed by atoms with van der Waals surface area (Å²) in [5, 5.41) is -0.110. The Labute approximate surface area is 203 Å². The predicted octanol–water partition coefficient (Wildman–Crippen LogP) is 3.57. The molecule has 0 atom stereocenters. The lowest BCUT2D eigenvalue weighted by atomic mass is 10.2. The van der Waals surface area contributed by atoms with Gasteiger partial charge in [0.2, 0.25) is 0 Å². The number of rotatable bonds is 7. The highest BCUT2D eigenvalue weighted by atomic mass is 35.5. The van der Waals surface area contributed by atoms with Crippen molar-refractivity contribution in [1.82, 2.24) is 9.97 Å². The van der Waals surface area contributed by atoms with Crippen molar-refractivity contribution >= 4 is 49.2 Å². The van der Waals surface area contributed by atoms with Crippen molar-refractivity contribution < 1.29 is 34.9 Å². The lowest BCUT2D eigenvalue weighted by Gasteiger charge is -2.28. The first-order chi connectivity index (χ1) is 15.4. The molecule has 0 saturated heterocycles. The summed E-state index contributed by atoms with van der Waals surface area (Å²) in [5.41, 5.74) is -1.25.